The minimum Gasteiger partial charge on any atom is -0.455 e. The molecule has 0 fully saturated rings. The van der Waals surface area contributed by atoms with Gasteiger partial charge in [-0.25, -0.2) is 0 Å². The first-order valence-electron chi connectivity index (χ1n) is 10.4. The van der Waals surface area contributed by atoms with Crippen molar-refractivity contribution < 1.29 is 14.1 Å². The van der Waals surface area contributed by atoms with Gasteiger partial charge in [0.1, 0.15) is 5.76 Å². The number of furan rings is 1. The molecule has 1 unspecified atom stereocenters. The summed E-state index contributed by atoms with van der Waals surface area (Å²) in [5.41, 5.74) is 2.97. The van der Waals surface area contributed by atoms with Crippen LogP contribution in [-0.2, 0) is 0 Å². The summed E-state index contributed by atoms with van der Waals surface area (Å²) < 4.78 is 12.3. The average molecular weight is 462 g/mol. The number of nitro benzene ring substituents is 1. The van der Waals surface area contributed by atoms with Gasteiger partial charge in [0.2, 0.25) is 17.3 Å². The maximum atomic E-state index is 10.9. The van der Waals surface area contributed by atoms with Crippen LogP contribution in [0.15, 0.2) is 70.2 Å². The largest absolute Gasteiger partial charge is 0.455 e. The highest BCUT2D eigenvalue weighted by molar-refractivity contribution is 7.99. The number of aromatic nitrogens is 3. The molecule has 9 nitrogen and oxygen atoms in total. The van der Waals surface area contributed by atoms with Crippen molar-refractivity contribution in [3.8, 4) is 28.5 Å². The highest BCUT2D eigenvalue weighted by Crippen LogP contribution is 2.40. The molecular weight excluding hydrogens is 442 g/mol. The predicted octanol–water partition coefficient (Wildman–Crippen LogP) is 5.71. The highest BCUT2D eigenvalue weighted by Gasteiger charge is 2.28. The smallest absolute Gasteiger partial charge is 0.269 e. The molecule has 0 bridgehead atoms. The van der Waals surface area contributed by atoms with Crippen LogP contribution in [0.3, 0.4) is 0 Å². The van der Waals surface area contributed by atoms with Gasteiger partial charge < -0.3 is 14.5 Å². The van der Waals surface area contributed by atoms with E-state index in [1.807, 2.05) is 30.3 Å². The van der Waals surface area contributed by atoms with E-state index in [0.29, 0.717) is 28.3 Å². The van der Waals surface area contributed by atoms with Crippen LogP contribution in [-0.4, -0.2) is 25.9 Å². The standard InChI is InChI=1S/C23H19N5O4S/c1-2-13-33-23-25-22-20(26-27-23)16-5-3-4-6-17(16)24-21(32-22)19-12-11-18(31-19)14-7-9-15(10-8-14)28(29)30/h3-12,21,24H,2,13H2,1H3. The zero-order valence-electron chi connectivity index (χ0n) is 17.6. The molecule has 1 aliphatic heterocycles. The molecule has 5 rings (SSSR count). The Balaban J connectivity index is 1.49. The lowest BCUT2D eigenvalue weighted by atomic mass is 10.1. The Kier molecular flexibility index (Phi) is 5.66. The van der Waals surface area contributed by atoms with Gasteiger partial charge >= 0.3 is 0 Å². The van der Waals surface area contributed by atoms with Crippen molar-refractivity contribution in [1.29, 1.82) is 0 Å². The number of rotatable bonds is 6. The molecule has 1 aliphatic rings. The molecule has 4 aromatic rings. The van der Waals surface area contributed by atoms with Gasteiger partial charge in [0.15, 0.2) is 11.5 Å². The lowest BCUT2D eigenvalue weighted by Crippen LogP contribution is -2.16. The first-order chi connectivity index (χ1) is 16.1. The number of hydrogen-bond acceptors (Lipinski definition) is 9. The van der Waals surface area contributed by atoms with Gasteiger partial charge in [-0.05, 0) is 36.8 Å². The molecule has 10 heteroatoms. The Hall–Kier alpha value is -3.92. The van der Waals surface area contributed by atoms with Gasteiger partial charge in [-0.3, -0.25) is 10.1 Å². The number of thioether (sulfide) groups is 1. The lowest BCUT2D eigenvalue weighted by molar-refractivity contribution is -0.384. The number of nitrogens with zero attached hydrogens (tertiary/aromatic N) is 4. The van der Waals surface area contributed by atoms with Crippen LogP contribution < -0.4 is 10.1 Å². The Morgan fingerprint density at radius 3 is 2.70 bits per heavy atom. The van der Waals surface area contributed by atoms with Crippen molar-refractivity contribution >= 4 is 23.1 Å². The van der Waals surface area contributed by atoms with E-state index in [0.717, 1.165) is 29.0 Å². The topological polar surface area (TPSA) is 116 Å². The summed E-state index contributed by atoms with van der Waals surface area (Å²) in [5.74, 6) is 2.37. The molecule has 2 aromatic carbocycles. The number of ether oxygens (including phenoxy) is 1. The zero-order chi connectivity index (χ0) is 22.8. The molecule has 166 valence electrons. The van der Waals surface area contributed by atoms with Crippen molar-refractivity contribution in [2.24, 2.45) is 0 Å². The van der Waals surface area contributed by atoms with Gasteiger partial charge in [0, 0.05) is 34.7 Å². The van der Waals surface area contributed by atoms with E-state index in [1.165, 1.54) is 23.9 Å². The summed E-state index contributed by atoms with van der Waals surface area (Å²) in [5, 5.41) is 23.5. The molecule has 0 saturated carbocycles. The van der Waals surface area contributed by atoms with E-state index in [9.17, 15) is 10.1 Å². The van der Waals surface area contributed by atoms with Crippen LogP contribution in [0.2, 0.25) is 0 Å². The third-order valence-corrected chi connectivity index (χ3v) is 6.06. The maximum Gasteiger partial charge on any atom is 0.269 e. The van der Waals surface area contributed by atoms with Crippen LogP contribution in [0.5, 0.6) is 5.88 Å². The zero-order valence-corrected chi connectivity index (χ0v) is 18.4. The summed E-state index contributed by atoms with van der Waals surface area (Å²) in [7, 11) is 0. The summed E-state index contributed by atoms with van der Waals surface area (Å²) in [6, 6.07) is 17.5. The second-order valence-electron chi connectivity index (χ2n) is 7.29. The minimum atomic E-state index is -0.653. The Labute approximate surface area is 193 Å². The van der Waals surface area contributed by atoms with Crippen LogP contribution in [0, 0.1) is 10.1 Å². The van der Waals surface area contributed by atoms with Gasteiger partial charge in [-0.15, -0.1) is 10.2 Å². The summed E-state index contributed by atoms with van der Waals surface area (Å²) >= 11 is 1.53. The third-order valence-electron chi connectivity index (χ3n) is 5.02. The fourth-order valence-corrected chi connectivity index (χ4v) is 4.06. The van der Waals surface area contributed by atoms with E-state index in [2.05, 4.69) is 27.4 Å². The quantitative estimate of drug-likeness (QED) is 0.219. The first-order valence-corrected chi connectivity index (χ1v) is 11.4. The van der Waals surface area contributed by atoms with Crippen LogP contribution in [0.25, 0.3) is 22.6 Å². The normalized spacial score (nSPS) is 14.4. The van der Waals surface area contributed by atoms with Crippen molar-refractivity contribution in [3.05, 3.63) is 76.5 Å². The minimum absolute atomic E-state index is 0.0245. The average Bonchev–Trinajstić information content (AvgIpc) is 3.27. The highest BCUT2D eigenvalue weighted by atomic mass is 32.2. The van der Waals surface area contributed by atoms with E-state index in [-0.39, 0.29) is 5.69 Å². The number of anilines is 1. The predicted molar refractivity (Wildman–Crippen MR) is 124 cm³/mol. The summed E-state index contributed by atoms with van der Waals surface area (Å²) in [4.78, 5) is 15.1. The van der Waals surface area contributed by atoms with Crippen LogP contribution in [0.4, 0.5) is 11.4 Å². The number of fused-ring (bicyclic) bond motifs is 3. The van der Waals surface area contributed by atoms with E-state index in [1.54, 1.807) is 18.2 Å². The summed E-state index contributed by atoms with van der Waals surface area (Å²) in [6.45, 7) is 2.09. The molecule has 33 heavy (non-hydrogen) atoms. The number of nitro groups is 1. The SMILES string of the molecule is CCCSc1nnc2c(n1)OC(c1ccc(-c3ccc([N+](=O)[O-])cc3)o1)Nc1ccccc1-2. The fourth-order valence-electron chi connectivity index (χ4n) is 3.43. The number of para-hydroxylation sites is 1. The van der Waals surface area contributed by atoms with Crippen molar-refractivity contribution in [3.63, 3.8) is 0 Å². The van der Waals surface area contributed by atoms with Crippen LogP contribution >= 0.6 is 11.8 Å². The Morgan fingerprint density at radius 1 is 1.09 bits per heavy atom. The molecule has 0 radical (unpaired) electrons. The Morgan fingerprint density at radius 2 is 1.91 bits per heavy atom. The molecule has 0 saturated heterocycles. The molecule has 0 spiro atoms. The molecule has 1 atom stereocenters. The van der Waals surface area contributed by atoms with Gasteiger partial charge in [0.05, 0.1) is 4.92 Å². The van der Waals surface area contributed by atoms with Gasteiger partial charge in [0.25, 0.3) is 5.69 Å². The number of non-ortho nitro benzene ring substituents is 1. The molecule has 3 heterocycles. The molecule has 0 amide bonds. The third kappa shape index (κ3) is 4.24. The fraction of sp³-hybridized carbons (Fsp3) is 0.174. The second-order valence-corrected chi connectivity index (χ2v) is 8.35. The Bertz CT molecular complexity index is 1310. The molecule has 2 aromatic heterocycles. The number of nitrogens with one attached hydrogen (secondary N) is 1. The monoisotopic (exact) mass is 461 g/mol. The van der Waals surface area contributed by atoms with Crippen molar-refractivity contribution in [2.45, 2.75) is 24.7 Å². The van der Waals surface area contributed by atoms with E-state index < -0.39 is 11.2 Å². The second kappa shape index (κ2) is 8.91. The van der Waals surface area contributed by atoms with Gasteiger partial charge in [-0.1, -0.05) is 36.9 Å². The molecule has 1 N–H and O–H groups in total. The van der Waals surface area contributed by atoms with E-state index >= 15 is 0 Å². The maximum absolute atomic E-state index is 10.9. The van der Waals surface area contributed by atoms with Gasteiger partial charge in [-0.2, -0.15) is 4.98 Å². The van der Waals surface area contributed by atoms with E-state index in [4.69, 9.17) is 9.15 Å². The molecular formula is C23H19N5O4S. The van der Waals surface area contributed by atoms with Crippen molar-refractivity contribution in [2.75, 3.05) is 11.1 Å². The van der Waals surface area contributed by atoms with Crippen LogP contribution in [0.1, 0.15) is 25.3 Å². The number of hydrogen-bond donors (Lipinski definition) is 1. The lowest BCUT2D eigenvalue weighted by Gasteiger charge is -2.16. The van der Waals surface area contributed by atoms with Crippen molar-refractivity contribution in [1.82, 2.24) is 15.2 Å². The summed E-state index contributed by atoms with van der Waals surface area (Å²) in [6.07, 6.45) is 0.344. The molecule has 0 aliphatic carbocycles. The number of benzene rings is 2. The first kappa shape index (κ1) is 21.0.